The molecule has 0 saturated carbocycles. The van der Waals surface area contributed by atoms with Crippen LogP contribution in [0.1, 0.15) is 16.8 Å². The Labute approximate surface area is 165 Å². The number of carbonyl (C=O) groups is 2. The first-order valence-electron chi connectivity index (χ1n) is 9.40. The molecule has 1 fully saturated rings. The maximum absolute atomic E-state index is 12.6. The molecule has 148 valence electrons. The van der Waals surface area contributed by atoms with Crippen LogP contribution in [-0.2, 0) is 9.53 Å². The molecule has 0 aliphatic carbocycles. The van der Waals surface area contributed by atoms with Crippen molar-refractivity contribution in [1.82, 2.24) is 15.2 Å². The fourth-order valence-corrected chi connectivity index (χ4v) is 3.30. The summed E-state index contributed by atoms with van der Waals surface area (Å²) in [6.45, 7) is 2.27. The predicted molar refractivity (Wildman–Crippen MR) is 108 cm³/mol. The number of rotatable bonds is 8. The van der Waals surface area contributed by atoms with Crippen LogP contribution in [0.15, 0.2) is 42.6 Å². The Morgan fingerprint density at radius 1 is 1.29 bits per heavy atom. The van der Waals surface area contributed by atoms with Gasteiger partial charge in [0.25, 0.3) is 5.91 Å². The van der Waals surface area contributed by atoms with Gasteiger partial charge in [-0.15, -0.1) is 0 Å². The van der Waals surface area contributed by atoms with Gasteiger partial charge >= 0.3 is 0 Å². The van der Waals surface area contributed by atoms with Crippen molar-refractivity contribution in [3.05, 3.63) is 48.2 Å². The fraction of sp³-hybridized carbons (Fsp3) is 0.381. The van der Waals surface area contributed by atoms with Crippen molar-refractivity contribution < 1.29 is 14.3 Å². The summed E-state index contributed by atoms with van der Waals surface area (Å²) in [7, 11) is 3.44. The van der Waals surface area contributed by atoms with E-state index >= 15 is 0 Å². The van der Waals surface area contributed by atoms with E-state index in [9.17, 15) is 9.59 Å². The largest absolute Gasteiger partial charge is 0.383 e. The zero-order valence-electron chi connectivity index (χ0n) is 16.3. The molecule has 0 bridgehead atoms. The molecule has 3 rings (SSSR count). The van der Waals surface area contributed by atoms with Crippen molar-refractivity contribution in [3.63, 3.8) is 0 Å². The van der Waals surface area contributed by atoms with Crippen LogP contribution in [0.25, 0.3) is 11.1 Å². The Kier molecular flexibility index (Phi) is 6.60. The highest BCUT2D eigenvalue weighted by Gasteiger charge is 2.29. The number of carbonyl (C=O) groups excluding carboxylic acids is 2. The first kappa shape index (κ1) is 19.8. The maximum atomic E-state index is 12.6. The molecule has 0 radical (unpaired) electrons. The summed E-state index contributed by atoms with van der Waals surface area (Å²) < 4.78 is 5.03. The third kappa shape index (κ3) is 4.86. The molecular weight excluding hydrogens is 356 g/mol. The van der Waals surface area contributed by atoms with Crippen molar-refractivity contribution in [2.45, 2.75) is 6.42 Å². The molecule has 0 spiro atoms. The lowest BCUT2D eigenvalue weighted by Crippen LogP contribution is -2.32. The number of likely N-dealkylation sites (tertiary alicyclic amines) is 1. The van der Waals surface area contributed by atoms with Gasteiger partial charge in [-0.2, -0.15) is 0 Å². The van der Waals surface area contributed by atoms with Gasteiger partial charge in [-0.05, 0) is 29.8 Å². The molecule has 7 nitrogen and oxygen atoms in total. The van der Waals surface area contributed by atoms with Gasteiger partial charge in [0.05, 0.1) is 6.61 Å². The topological polar surface area (TPSA) is 83.6 Å². The van der Waals surface area contributed by atoms with Crippen LogP contribution < -0.4 is 10.6 Å². The summed E-state index contributed by atoms with van der Waals surface area (Å²) in [6, 6.07) is 11.3. The number of benzene rings is 1. The van der Waals surface area contributed by atoms with E-state index in [4.69, 9.17) is 4.74 Å². The van der Waals surface area contributed by atoms with Gasteiger partial charge < -0.3 is 20.3 Å². The molecule has 1 atom stereocenters. The number of nitrogens with one attached hydrogen (secondary N) is 2. The van der Waals surface area contributed by atoms with E-state index < -0.39 is 0 Å². The Morgan fingerprint density at radius 2 is 2.14 bits per heavy atom. The number of ether oxygens (including phenoxy) is 1. The second kappa shape index (κ2) is 9.32. The number of hydrogen-bond donors (Lipinski definition) is 2. The van der Waals surface area contributed by atoms with Gasteiger partial charge in [0, 0.05) is 63.5 Å². The van der Waals surface area contributed by atoms with Crippen LogP contribution in [-0.4, -0.2) is 62.1 Å². The predicted octanol–water partition coefficient (Wildman–Crippen LogP) is 2.01. The molecule has 2 amide bonds. The molecule has 2 heterocycles. The second-order valence-electron chi connectivity index (χ2n) is 6.88. The third-order valence-electron chi connectivity index (χ3n) is 4.89. The molecule has 1 saturated heterocycles. The molecule has 0 unspecified atom stereocenters. The van der Waals surface area contributed by atoms with E-state index in [1.165, 1.54) is 0 Å². The maximum Gasteiger partial charge on any atom is 0.251 e. The highest BCUT2D eigenvalue weighted by Crippen LogP contribution is 2.21. The number of methoxy groups -OCH3 is 1. The van der Waals surface area contributed by atoms with E-state index in [0.29, 0.717) is 38.2 Å². The molecule has 1 aliphatic rings. The zero-order chi connectivity index (χ0) is 19.9. The Hall–Kier alpha value is -2.93. The second-order valence-corrected chi connectivity index (χ2v) is 6.88. The molecule has 1 aromatic heterocycles. The molecule has 2 N–H and O–H groups in total. The first-order chi connectivity index (χ1) is 13.6. The highest BCUT2D eigenvalue weighted by atomic mass is 16.5. The lowest BCUT2D eigenvalue weighted by Gasteiger charge is -2.16. The summed E-state index contributed by atoms with van der Waals surface area (Å²) in [6.07, 6.45) is 2.25. The quantitative estimate of drug-likeness (QED) is 0.730. The van der Waals surface area contributed by atoms with Crippen molar-refractivity contribution in [3.8, 4) is 11.1 Å². The van der Waals surface area contributed by atoms with Crippen LogP contribution in [0.5, 0.6) is 0 Å². The Balaban J connectivity index is 1.58. The van der Waals surface area contributed by atoms with E-state index in [-0.39, 0.29) is 17.7 Å². The highest BCUT2D eigenvalue weighted by molar-refractivity contribution is 5.95. The van der Waals surface area contributed by atoms with Gasteiger partial charge in [-0.3, -0.25) is 9.59 Å². The smallest absolute Gasteiger partial charge is 0.251 e. The fourth-order valence-electron chi connectivity index (χ4n) is 3.30. The molecule has 7 heteroatoms. The normalized spacial score (nSPS) is 16.3. The van der Waals surface area contributed by atoms with Crippen LogP contribution in [0, 0.1) is 5.92 Å². The standard InChI is InChI=1S/C21H26N4O3/c1-22-19-7-6-18(13-23-19)16-4-3-5-17(11-16)21(27)24-12-15-10-20(26)25(14-15)8-9-28-2/h3-7,11,13,15H,8-10,12,14H2,1-2H3,(H,22,23)(H,24,27)/t15-/m0/s1. The molecule has 1 aliphatic heterocycles. The van der Waals surface area contributed by atoms with Gasteiger partial charge in [0.2, 0.25) is 5.91 Å². The molecular formula is C21H26N4O3. The van der Waals surface area contributed by atoms with Crippen molar-refractivity contribution in [2.24, 2.45) is 5.92 Å². The summed E-state index contributed by atoms with van der Waals surface area (Å²) in [5.41, 5.74) is 2.48. The Morgan fingerprint density at radius 3 is 2.86 bits per heavy atom. The molecule has 2 aromatic rings. The van der Waals surface area contributed by atoms with Crippen LogP contribution in [0.4, 0.5) is 5.82 Å². The van der Waals surface area contributed by atoms with E-state index in [1.54, 1.807) is 24.3 Å². The SMILES string of the molecule is CNc1ccc(-c2cccc(C(=O)NC[C@@H]3CC(=O)N(CCOC)C3)c2)cn1. The number of amides is 2. The molecule has 28 heavy (non-hydrogen) atoms. The van der Waals surface area contributed by atoms with E-state index in [2.05, 4.69) is 15.6 Å². The van der Waals surface area contributed by atoms with Gasteiger partial charge in [0.1, 0.15) is 5.82 Å². The van der Waals surface area contributed by atoms with Gasteiger partial charge in [-0.1, -0.05) is 12.1 Å². The van der Waals surface area contributed by atoms with Crippen LogP contribution >= 0.6 is 0 Å². The van der Waals surface area contributed by atoms with Gasteiger partial charge in [0.15, 0.2) is 0 Å². The zero-order valence-corrected chi connectivity index (χ0v) is 16.3. The summed E-state index contributed by atoms with van der Waals surface area (Å²) in [5.74, 6) is 0.915. The number of anilines is 1. The van der Waals surface area contributed by atoms with Crippen molar-refractivity contribution in [1.29, 1.82) is 0 Å². The van der Waals surface area contributed by atoms with Crippen molar-refractivity contribution >= 4 is 17.6 Å². The monoisotopic (exact) mass is 382 g/mol. The number of pyridine rings is 1. The number of aromatic nitrogens is 1. The minimum atomic E-state index is -0.135. The van der Waals surface area contributed by atoms with Crippen molar-refractivity contribution in [2.75, 3.05) is 45.7 Å². The Bertz CT molecular complexity index is 823. The average Bonchev–Trinajstić information content (AvgIpc) is 3.10. The van der Waals surface area contributed by atoms with E-state index in [0.717, 1.165) is 16.9 Å². The first-order valence-corrected chi connectivity index (χ1v) is 9.40. The van der Waals surface area contributed by atoms with Crippen LogP contribution in [0.3, 0.4) is 0 Å². The minimum Gasteiger partial charge on any atom is -0.383 e. The summed E-state index contributed by atoms with van der Waals surface area (Å²) >= 11 is 0. The third-order valence-corrected chi connectivity index (χ3v) is 4.89. The number of nitrogens with zero attached hydrogens (tertiary/aromatic N) is 2. The van der Waals surface area contributed by atoms with Crippen LogP contribution in [0.2, 0.25) is 0 Å². The van der Waals surface area contributed by atoms with E-state index in [1.807, 2.05) is 37.4 Å². The summed E-state index contributed by atoms with van der Waals surface area (Å²) in [4.78, 5) is 30.7. The molecule has 1 aromatic carbocycles. The lowest BCUT2D eigenvalue weighted by atomic mass is 10.0. The van der Waals surface area contributed by atoms with Gasteiger partial charge in [-0.25, -0.2) is 4.98 Å². The average molecular weight is 382 g/mol. The lowest BCUT2D eigenvalue weighted by molar-refractivity contribution is -0.128. The number of hydrogen-bond acceptors (Lipinski definition) is 5. The summed E-state index contributed by atoms with van der Waals surface area (Å²) in [5, 5.41) is 5.95. The minimum absolute atomic E-state index is 0.121.